The van der Waals surface area contributed by atoms with Gasteiger partial charge in [-0.05, 0) is 133 Å². The molecule has 3 amide bonds. The molecule has 2 fully saturated rings. The first-order chi connectivity index (χ1) is 36.7. The molecule has 20 heteroatoms. The SMILES string of the molecule is CC.CC1CCC(n2cnc3c(N)nc(C4=CCN(C(=O)OC(C)(C)C)CC4)nc32)CC1.COc1cccc(NC(=O)C2CCC(n3cnc4c(N)nc(C5=CCNCC5)nc43)CC2)c1.COc1cccc(NC=O)c1. The average molecular weight is 1040 g/mol. The van der Waals surface area contributed by atoms with Gasteiger partial charge in [0, 0.05) is 61.1 Å². The van der Waals surface area contributed by atoms with Gasteiger partial charge in [-0.2, -0.15) is 0 Å². The van der Waals surface area contributed by atoms with Crippen molar-refractivity contribution in [2.75, 3.05) is 62.5 Å². The van der Waals surface area contributed by atoms with Crippen molar-refractivity contribution in [3.8, 4) is 11.5 Å². The molecule has 20 nitrogen and oxygen atoms in total. The molecule has 2 saturated carbocycles. The van der Waals surface area contributed by atoms with Crippen LogP contribution in [-0.4, -0.2) is 108 Å². The number of hydrogen-bond acceptors (Lipinski definition) is 15. The number of aromatic nitrogens is 8. The highest BCUT2D eigenvalue weighted by Crippen LogP contribution is 2.37. The fourth-order valence-electron chi connectivity index (χ4n) is 9.75. The molecule has 0 atom stereocenters. The Morgan fingerprint density at radius 3 is 1.78 bits per heavy atom. The summed E-state index contributed by atoms with van der Waals surface area (Å²) >= 11 is 0. The van der Waals surface area contributed by atoms with Crippen molar-refractivity contribution in [1.29, 1.82) is 0 Å². The second kappa shape index (κ2) is 26.2. The van der Waals surface area contributed by atoms with E-state index < -0.39 is 5.60 Å². The van der Waals surface area contributed by atoms with Crippen molar-refractivity contribution >= 4 is 74.9 Å². The molecule has 2 aliphatic heterocycles. The number of nitrogens with one attached hydrogen (secondary N) is 3. The van der Waals surface area contributed by atoms with Crippen molar-refractivity contribution in [2.24, 2.45) is 11.8 Å². The fourth-order valence-corrected chi connectivity index (χ4v) is 9.75. The Balaban J connectivity index is 0.000000180. The Morgan fingerprint density at radius 1 is 0.737 bits per heavy atom. The zero-order valence-electron chi connectivity index (χ0n) is 45.3. The zero-order chi connectivity index (χ0) is 54.4. The Bertz CT molecular complexity index is 2980. The Morgan fingerprint density at radius 2 is 1.28 bits per heavy atom. The van der Waals surface area contributed by atoms with E-state index in [4.69, 9.17) is 35.6 Å². The summed E-state index contributed by atoms with van der Waals surface area (Å²) in [5, 5.41) is 8.86. The summed E-state index contributed by atoms with van der Waals surface area (Å²) in [6.45, 7) is 14.7. The van der Waals surface area contributed by atoms with Gasteiger partial charge in [-0.15, -0.1) is 0 Å². The van der Waals surface area contributed by atoms with Gasteiger partial charge in [0.25, 0.3) is 0 Å². The molecule has 6 heterocycles. The molecule has 0 bridgehead atoms. The predicted octanol–water partition coefficient (Wildman–Crippen LogP) is 9.64. The number of rotatable bonds is 10. The quantitative estimate of drug-likeness (QED) is 0.0800. The van der Waals surface area contributed by atoms with E-state index in [0.29, 0.717) is 66.3 Å². The van der Waals surface area contributed by atoms with Crippen LogP contribution in [0.15, 0.2) is 73.3 Å². The molecule has 10 rings (SSSR count). The molecule has 4 aliphatic rings. The predicted molar refractivity (Wildman–Crippen MR) is 299 cm³/mol. The molecule has 4 aromatic heterocycles. The number of carbonyl (C=O) groups is 3. The number of amides is 3. The van der Waals surface area contributed by atoms with Gasteiger partial charge in [-0.1, -0.05) is 45.1 Å². The maximum absolute atomic E-state index is 12.8. The van der Waals surface area contributed by atoms with Crippen molar-refractivity contribution < 1.29 is 28.6 Å². The zero-order valence-corrected chi connectivity index (χ0v) is 45.3. The molecule has 406 valence electrons. The van der Waals surface area contributed by atoms with Gasteiger partial charge in [0.05, 0.1) is 26.9 Å². The van der Waals surface area contributed by atoms with Crippen molar-refractivity contribution in [1.82, 2.24) is 49.3 Å². The first-order valence-corrected chi connectivity index (χ1v) is 26.6. The van der Waals surface area contributed by atoms with E-state index in [2.05, 4.69) is 58.0 Å². The number of nitrogens with two attached hydrogens (primary N) is 2. The highest BCUT2D eigenvalue weighted by atomic mass is 16.6. The highest BCUT2D eigenvalue weighted by Gasteiger charge is 2.30. The summed E-state index contributed by atoms with van der Waals surface area (Å²) in [4.78, 5) is 64.5. The second-order valence-electron chi connectivity index (χ2n) is 20.2. The number of methoxy groups -OCH3 is 2. The Hall–Kier alpha value is -7.61. The molecule has 0 unspecified atom stereocenters. The van der Waals surface area contributed by atoms with Crippen LogP contribution in [0, 0.1) is 11.8 Å². The largest absolute Gasteiger partial charge is 0.497 e. The molecule has 0 spiro atoms. The maximum Gasteiger partial charge on any atom is 0.410 e. The third-order valence-corrected chi connectivity index (χ3v) is 13.9. The second-order valence-corrected chi connectivity index (χ2v) is 20.2. The van der Waals surface area contributed by atoms with Crippen molar-refractivity contribution in [3.63, 3.8) is 0 Å². The van der Waals surface area contributed by atoms with Crippen LogP contribution < -0.4 is 36.9 Å². The van der Waals surface area contributed by atoms with Crippen LogP contribution in [0.25, 0.3) is 33.5 Å². The first kappa shape index (κ1) is 56.1. The fraction of sp³-hybridized carbons (Fsp3) is 0.482. The number of ether oxygens (including phenoxy) is 3. The van der Waals surface area contributed by atoms with E-state index in [0.717, 1.165) is 109 Å². The average Bonchev–Trinajstić information content (AvgIpc) is 4.08. The minimum Gasteiger partial charge on any atom is -0.497 e. The van der Waals surface area contributed by atoms with Gasteiger partial charge < -0.3 is 55.7 Å². The van der Waals surface area contributed by atoms with Gasteiger partial charge in [0.1, 0.15) is 28.1 Å². The van der Waals surface area contributed by atoms with E-state index >= 15 is 0 Å². The number of hydrogen-bond donors (Lipinski definition) is 5. The molecular formula is C56H76N14O6. The minimum atomic E-state index is -0.501. The third-order valence-electron chi connectivity index (χ3n) is 13.9. The minimum absolute atomic E-state index is 0.0163. The highest BCUT2D eigenvalue weighted by molar-refractivity contribution is 5.93. The number of benzene rings is 2. The van der Waals surface area contributed by atoms with Crippen LogP contribution in [0.5, 0.6) is 11.5 Å². The molecule has 0 saturated heterocycles. The van der Waals surface area contributed by atoms with E-state index in [9.17, 15) is 14.4 Å². The molecular weight excluding hydrogens is 965 g/mol. The van der Waals surface area contributed by atoms with Crippen LogP contribution in [0.4, 0.5) is 27.8 Å². The van der Waals surface area contributed by atoms with Gasteiger partial charge in [0.15, 0.2) is 34.6 Å². The molecule has 0 radical (unpaired) electrons. The summed E-state index contributed by atoms with van der Waals surface area (Å²) in [5.74, 6) is 4.44. The van der Waals surface area contributed by atoms with E-state index in [-0.39, 0.29) is 24.0 Å². The lowest BCUT2D eigenvalue weighted by molar-refractivity contribution is -0.121. The first-order valence-electron chi connectivity index (χ1n) is 26.6. The number of imidazole rings is 2. The molecule has 2 aromatic carbocycles. The van der Waals surface area contributed by atoms with E-state index in [1.54, 1.807) is 31.3 Å². The lowest BCUT2D eigenvalue weighted by Crippen LogP contribution is -2.39. The van der Waals surface area contributed by atoms with Gasteiger partial charge in [0.2, 0.25) is 12.3 Å². The standard InChI is InChI=1S/C24H29N7O2.C22H32N6O2.C8H9NO2.C2H6/c1-33-19-4-2-3-17(13-19)28-24(32)16-5-7-18(8-6-16)31-14-27-20-21(25)29-22(30-23(20)31)15-9-11-26-12-10-15;1-14-5-7-16(8-6-14)28-13-24-17-18(23)25-19(26-20(17)28)15-9-11-27(12-10-15)21(29)30-22(2,3)4;1-11-8-4-2-3-7(5-8)9-6-10;1-2/h2-4,9,13-14,16,18,26H,5-8,10-12H2,1H3,(H,28,32)(H2,25,29,30);9,13-14,16H,5-8,10-12H2,1-4H3,(H2,23,25,26);2-6H,1H3,(H,9,10);1-2H3. The van der Waals surface area contributed by atoms with Crippen molar-refractivity contribution in [3.05, 3.63) is 85.0 Å². The molecule has 7 N–H and O–H groups in total. The number of anilines is 4. The monoisotopic (exact) mass is 1040 g/mol. The number of fused-ring (bicyclic) bond motifs is 2. The number of nitrogens with zero attached hydrogens (tertiary/aromatic N) is 9. The Kier molecular flexibility index (Phi) is 19.4. The normalized spacial score (nSPS) is 19.4. The van der Waals surface area contributed by atoms with Crippen LogP contribution in [0.3, 0.4) is 0 Å². The summed E-state index contributed by atoms with van der Waals surface area (Å²) in [7, 11) is 3.20. The number of carbonyl (C=O) groups excluding carboxylic acids is 3. The van der Waals surface area contributed by atoms with Crippen LogP contribution >= 0.6 is 0 Å². The lowest BCUT2D eigenvalue weighted by Gasteiger charge is -2.29. The Labute approximate surface area is 445 Å². The summed E-state index contributed by atoms with van der Waals surface area (Å²) in [6, 6.07) is 15.3. The van der Waals surface area contributed by atoms with Crippen molar-refractivity contribution in [2.45, 2.75) is 123 Å². The topological polar surface area (TPSA) is 257 Å². The summed E-state index contributed by atoms with van der Waals surface area (Å²) < 4.78 is 20.0. The van der Waals surface area contributed by atoms with Crippen LogP contribution in [0.1, 0.15) is 129 Å². The summed E-state index contributed by atoms with van der Waals surface area (Å²) in [6.07, 6.45) is 17.8. The lowest BCUT2D eigenvalue weighted by atomic mass is 9.85. The third kappa shape index (κ3) is 14.4. The molecule has 2 aliphatic carbocycles. The van der Waals surface area contributed by atoms with Gasteiger partial charge in [-0.25, -0.2) is 34.7 Å². The molecule has 76 heavy (non-hydrogen) atoms. The maximum atomic E-state index is 12.8. The molecule has 6 aromatic rings. The van der Waals surface area contributed by atoms with Crippen LogP contribution in [0.2, 0.25) is 0 Å². The van der Waals surface area contributed by atoms with Gasteiger partial charge in [-0.3, -0.25) is 9.59 Å². The van der Waals surface area contributed by atoms with Crippen LogP contribution in [-0.2, 0) is 14.3 Å². The number of nitrogen functional groups attached to an aromatic ring is 2. The smallest absolute Gasteiger partial charge is 0.410 e. The van der Waals surface area contributed by atoms with E-state index in [1.165, 1.54) is 12.8 Å². The van der Waals surface area contributed by atoms with E-state index in [1.807, 2.05) is 89.7 Å². The summed E-state index contributed by atoms with van der Waals surface area (Å²) in [5.41, 5.74) is 18.5. The van der Waals surface area contributed by atoms with Gasteiger partial charge >= 0.3 is 6.09 Å².